The molecule has 8 heteroatoms. The van der Waals surface area contributed by atoms with Crippen molar-refractivity contribution in [3.05, 3.63) is 53.2 Å². The molecule has 1 aliphatic rings. The van der Waals surface area contributed by atoms with Gasteiger partial charge in [-0.15, -0.1) is 0 Å². The summed E-state index contributed by atoms with van der Waals surface area (Å²) in [6.07, 6.45) is 9.03. The van der Waals surface area contributed by atoms with E-state index < -0.39 is 0 Å². The second-order valence-electron chi connectivity index (χ2n) is 6.62. The first-order chi connectivity index (χ1) is 12.6. The fourth-order valence-corrected chi connectivity index (χ4v) is 3.65. The number of likely N-dealkylation sites (tertiary alicyclic amines) is 1. The van der Waals surface area contributed by atoms with Gasteiger partial charge in [-0.25, -0.2) is 4.98 Å². The number of hydrogen-bond donors (Lipinski definition) is 1. The van der Waals surface area contributed by atoms with Crippen LogP contribution in [0.5, 0.6) is 0 Å². The Morgan fingerprint density at radius 3 is 3.00 bits per heavy atom. The lowest BCUT2D eigenvalue weighted by atomic mass is 10.0. The number of rotatable bonds is 3. The molecule has 3 aromatic rings. The van der Waals surface area contributed by atoms with Gasteiger partial charge in [-0.3, -0.25) is 9.67 Å². The van der Waals surface area contributed by atoms with Crippen molar-refractivity contribution in [2.24, 2.45) is 12.0 Å². The van der Waals surface area contributed by atoms with Crippen LogP contribution in [0.2, 0.25) is 5.02 Å². The van der Waals surface area contributed by atoms with Gasteiger partial charge >= 0.3 is 0 Å². The zero-order valence-electron chi connectivity index (χ0n) is 14.9. The molecule has 0 aromatic carbocycles. The molecule has 1 atom stereocenters. The van der Waals surface area contributed by atoms with E-state index in [-0.39, 0.29) is 0 Å². The van der Waals surface area contributed by atoms with Crippen LogP contribution in [0.25, 0.3) is 5.65 Å². The molecule has 1 fully saturated rings. The fraction of sp³-hybridized carbons (Fsp3) is 0.389. The summed E-state index contributed by atoms with van der Waals surface area (Å²) in [4.78, 5) is 11.3. The molecule has 136 valence electrons. The van der Waals surface area contributed by atoms with Crippen LogP contribution in [-0.2, 0) is 13.6 Å². The number of hydrogen-bond acceptors (Lipinski definition) is 3. The summed E-state index contributed by atoms with van der Waals surface area (Å²) in [6, 6.07) is 3.77. The molecule has 0 radical (unpaired) electrons. The largest absolute Gasteiger partial charge is 0.351 e. The fourth-order valence-electron chi connectivity index (χ4n) is 3.48. The highest BCUT2D eigenvalue weighted by atomic mass is 35.5. The zero-order chi connectivity index (χ0) is 18.1. The molecular formula is C18H22ClN7. The third-order valence-electron chi connectivity index (χ3n) is 4.79. The van der Waals surface area contributed by atoms with Crippen LogP contribution >= 0.6 is 11.6 Å². The molecule has 1 unspecified atom stereocenters. The summed E-state index contributed by atoms with van der Waals surface area (Å²) in [5.41, 5.74) is 3.14. The lowest BCUT2D eigenvalue weighted by Gasteiger charge is -2.21. The Labute approximate surface area is 157 Å². The molecule has 0 bridgehead atoms. The van der Waals surface area contributed by atoms with Crippen LogP contribution in [0.3, 0.4) is 0 Å². The second kappa shape index (κ2) is 6.99. The molecule has 1 saturated heterocycles. The van der Waals surface area contributed by atoms with E-state index in [0.717, 1.165) is 36.8 Å². The smallest absolute Gasteiger partial charge is 0.193 e. The standard InChI is InChI=1S/C18H22ClN7/c1-20-18(25-6-5-13(10-25)14-7-22-24(2)9-14)21-8-16-12-26-11-15(19)3-4-17(26)23-16/h3-4,7,9,11-13H,5-6,8,10H2,1-2H3,(H,20,21). The highest BCUT2D eigenvalue weighted by Crippen LogP contribution is 2.26. The maximum absolute atomic E-state index is 6.03. The third kappa shape index (κ3) is 3.39. The number of fused-ring (bicyclic) bond motifs is 1. The van der Waals surface area contributed by atoms with Crippen LogP contribution in [0.1, 0.15) is 23.6 Å². The van der Waals surface area contributed by atoms with E-state index in [1.165, 1.54) is 5.56 Å². The third-order valence-corrected chi connectivity index (χ3v) is 5.01. The van der Waals surface area contributed by atoms with Crippen molar-refractivity contribution in [3.63, 3.8) is 0 Å². The van der Waals surface area contributed by atoms with E-state index in [9.17, 15) is 0 Å². The number of aromatic nitrogens is 4. The molecule has 3 aromatic heterocycles. The van der Waals surface area contributed by atoms with E-state index in [0.29, 0.717) is 17.5 Å². The first-order valence-electron chi connectivity index (χ1n) is 8.69. The number of guanidine groups is 1. The molecule has 4 rings (SSSR count). The summed E-state index contributed by atoms with van der Waals surface area (Å²) in [7, 11) is 3.78. The van der Waals surface area contributed by atoms with E-state index in [1.807, 2.05) is 53.9 Å². The monoisotopic (exact) mass is 371 g/mol. The highest BCUT2D eigenvalue weighted by Gasteiger charge is 2.26. The number of imidazole rings is 1. The summed E-state index contributed by atoms with van der Waals surface area (Å²) in [5, 5.41) is 8.41. The Bertz CT molecular complexity index is 942. The van der Waals surface area contributed by atoms with Gasteiger partial charge in [0.05, 0.1) is 23.5 Å². The van der Waals surface area contributed by atoms with Crippen molar-refractivity contribution < 1.29 is 0 Å². The van der Waals surface area contributed by atoms with Crippen molar-refractivity contribution in [2.75, 3.05) is 20.1 Å². The first kappa shape index (κ1) is 16.9. The average Bonchev–Trinajstić information content (AvgIpc) is 3.34. The number of aryl methyl sites for hydroxylation is 1. The van der Waals surface area contributed by atoms with Crippen LogP contribution in [0.4, 0.5) is 0 Å². The molecule has 0 spiro atoms. The van der Waals surface area contributed by atoms with Gasteiger partial charge in [-0.05, 0) is 24.1 Å². The molecule has 0 amide bonds. The Hall–Kier alpha value is -2.54. The lowest BCUT2D eigenvalue weighted by Crippen LogP contribution is -2.39. The van der Waals surface area contributed by atoms with Gasteiger partial charge in [0.15, 0.2) is 5.96 Å². The Balaban J connectivity index is 1.40. The van der Waals surface area contributed by atoms with E-state index in [1.54, 1.807) is 0 Å². The van der Waals surface area contributed by atoms with Crippen LogP contribution in [0.15, 0.2) is 41.9 Å². The lowest BCUT2D eigenvalue weighted by molar-refractivity contribution is 0.485. The summed E-state index contributed by atoms with van der Waals surface area (Å²) in [5.74, 6) is 1.41. The number of halogens is 1. The van der Waals surface area contributed by atoms with Crippen LogP contribution < -0.4 is 5.32 Å². The molecule has 1 N–H and O–H groups in total. The molecule has 1 aliphatic heterocycles. The van der Waals surface area contributed by atoms with Gasteiger partial charge in [0, 0.05) is 51.7 Å². The van der Waals surface area contributed by atoms with Crippen molar-refractivity contribution in [1.29, 1.82) is 0 Å². The van der Waals surface area contributed by atoms with Crippen molar-refractivity contribution in [2.45, 2.75) is 18.9 Å². The molecule has 7 nitrogen and oxygen atoms in total. The SMILES string of the molecule is CN=C(NCc1cn2cc(Cl)ccc2n1)N1CCC(c2cnn(C)c2)C1. The predicted octanol–water partition coefficient (Wildman–Crippen LogP) is 2.29. The van der Waals surface area contributed by atoms with Gasteiger partial charge in [0.1, 0.15) is 5.65 Å². The van der Waals surface area contributed by atoms with Crippen molar-refractivity contribution >= 4 is 23.2 Å². The quantitative estimate of drug-likeness (QED) is 0.566. The minimum atomic E-state index is 0.500. The molecule has 0 aliphatic carbocycles. The molecular weight excluding hydrogens is 350 g/mol. The number of nitrogens with one attached hydrogen (secondary N) is 1. The maximum Gasteiger partial charge on any atom is 0.193 e. The van der Waals surface area contributed by atoms with Gasteiger partial charge in [-0.1, -0.05) is 11.6 Å². The Morgan fingerprint density at radius 1 is 1.35 bits per heavy atom. The normalized spacial score (nSPS) is 18.0. The Kier molecular flexibility index (Phi) is 4.55. The molecule has 26 heavy (non-hydrogen) atoms. The second-order valence-corrected chi connectivity index (χ2v) is 7.06. The minimum Gasteiger partial charge on any atom is -0.351 e. The molecule has 0 saturated carbocycles. The summed E-state index contributed by atoms with van der Waals surface area (Å²) < 4.78 is 3.80. The van der Waals surface area contributed by atoms with Gasteiger partial charge in [0.25, 0.3) is 0 Å². The van der Waals surface area contributed by atoms with Crippen molar-refractivity contribution in [1.82, 2.24) is 29.4 Å². The Morgan fingerprint density at radius 2 is 2.23 bits per heavy atom. The predicted molar refractivity (Wildman–Crippen MR) is 103 cm³/mol. The summed E-state index contributed by atoms with van der Waals surface area (Å²) >= 11 is 6.03. The van der Waals surface area contributed by atoms with Gasteiger partial charge < -0.3 is 14.6 Å². The summed E-state index contributed by atoms with van der Waals surface area (Å²) in [6.45, 7) is 2.56. The van der Waals surface area contributed by atoms with Crippen LogP contribution in [-0.4, -0.2) is 50.2 Å². The minimum absolute atomic E-state index is 0.500. The number of pyridine rings is 1. The highest BCUT2D eigenvalue weighted by molar-refractivity contribution is 6.30. The van der Waals surface area contributed by atoms with E-state index >= 15 is 0 Å². The van der Waals surface area contributed by atoms with Crippen molar-refractivity contribution in [3.8, 4) is 0 Å². The number of aliphatic imine (C=N–C) groups is 1. The topological polar surface area (TPSA) is 62.8 Å². The molecule has 4 heterocycles. The van der Waals surface area contributed by atoms with E-state index in [4.69, 9.17) is 11.6 Å². The average molecular weight is 372 g/mol. The first-order valence-corrected chi connectivity index (χ1v) is 9.07. The number of nitrogens with zero attached hydrogens (tertiary/aromatic N) is 6. The van der Waals surface area contributed by atoms with Crippen LogP contribution in [0, 0.1) is 0 Å². The zero-order valence-corrected chi connectivity index (χ0v) is 15.7. The van der Waals surface area contributed by atoms with Gasteiger partial charge in [-0.2, -0.15) is 5.10 Å². The van der Waals surface area contributed by atoms with E-state index in [2.05, 4.69) is 31.5 Å². The maximum atomic E-state index is 6.03. The van der Waals surface area contributed by atoms with Gasteiger partial charge in [0.2, 0.25) is 0 Å².